The Bertz CT molecular complexity index is 532. The van der Waals surface area contributed by atoms with Crippen LogP contribution < -0.4 is 5.32 Å². The minimum atomic E-state index is -1.05. The van der Waals surface area contributed by atoms with Crippen LogP contribution in [0.1, 0.15) is 18.3 Å². The Morgan fingerprint density at radius 3 is 2.56 bits per heavy atom. The highest BCUT2D eigenvalue weighted by atomic mass is 14.9. The summed E-state index contributed by atoms with van der Waals surface area (Å²) >= 11 is 0. The highest BCUT2D eigenvalue weighted by Gasteiger charge is 2.20. The van der Waals surface area contributed by atoms with Gasteiger partial charge in [0.25, 0.3) is 0 Å². The molecule has 18 heavy (non-hydrogen) atoms. The maximum atomic E-state index is 6.14. The van der Waals surface area contributed by atoms with Crippen molar-refractivity contribution in [3.05, 3.63) is 36.0 Å². The van der Waals surface area contributed by atoms with Gasteiger partial charge in [0.15, 0.2) is 0 Å². The summed E-state index contributed by atoms with van der Waals surface area (Å²) in [5.41, 5.74) is 1.97. The largest absolute Gasteiger partial charge is 0.361 e. The van der Waals surface area contributed by atoms with Crippen LogP contribution in [0.25, 0.3) is 10.9 Å². The third-order valence-corrected chi connectivity index (χ3v) is 2.84. The van der Waals surface area contributed by atoms with Gasteiger partial charge in [0.2, 0.25) is 0 Å². The van der Waals surface area contributed by atoms with Crippen molar-refractivity contribution in [2.24, 2.45) is 0 Å². The molecule has 0 amide bonds. The molecule has 0 aliphatic carbocycles. The highest BCUT2D eigenvalue weighted by molar-refractivity contribution is 6.40. The van der Waals surface area contributed by atoms with Gasteiger partial charge in [-0.1, -0.05) is 30.5 Å². The van der Waals surface area contributed by atoms with Crippen LogP contribution >= 0.6 is 0 Å². The van der Waals surface area contributed by atoms with Crippen LogP contribution in [0.5, 0.6) is 0 Å². The van der Waals surface area contributed by atoms with Gasteiger partial charge in [-0.15, -0.1) is 0 Å². The number of rotatable bonds is 4. The minimum Gasteiger partial charge on any atom is -0.361 e. The number of nitrogens with one attached hydrogen (secondary N) is 2. The number of hydrogen-bond acceptors (Lipinski definition) is 1. The third-order valence-electron chi connectivity index (χ3n) is 2.84. The Kier molecular flexibility index (Phi) is 3.67. The third kappa shape index (κ3) is 2.86. The Morgan fingerprint density at radius 1 is 1.22 bits per heavy atom. The van der Waals surface area contributed by atoms with E-state index in [2.05, 4.69) is 10.3 Å². The molecule has 2 aromatic rings. The summed E-state index contributed by atoms with van der Waals surface area (Å²) in [6, 6.07) is 7.91. The second-order valence-corrected chi connectivity index (χ2v) is 4.77. The molecule has 0 spiro atoms. The molecule has 0 bridgehead atoms. The van der Waals surface area contributed by atoms with Crippen LogP contribution in [0.15, 0.2) is 30.5 Å². The fourth-order valence-electron chi connectivity index (χ4n) is 2.01. The molecular formula is C12H12B4N2. The van der Waals surface area contributed by atoms with E-state index in [4.69, 9.17) is 31.4 Å². The van der Waals surface area contributed by atoms with E-state index < -0.39 is 17.1 Å². The average Bonchev–Trinajstić information content (AvgIpc) is 2.69. The predicted molar refractivity (Wildman–Crippen MR) is 79.4 cm³/mol. The summed E-state index contributed by atoms with van der Waals surface area (Å²) < 4.78 is 0. The Balaban J connectivity index is 2.25. The van der Waals surface area contributed by atoms with Crippen molar-refractivity contribution in [2.75, 3.05) is 0 Å². The van der Waals surface area contributed by atoms with Gasteiger partial charge in [0.05, 0.1) is 31.4 Å². The first kappa shape index (κ1) is 13.4. The van der Waals surface area contributed by atoms with Crippen molar-refractivity contribution in [2.45, 2.75) is 24.0 Å². The lowest BCUT2D eigenvalue weighted by Crippen LogP contribution is -2.51. The van der Waals surface area contributed by atoms with Gasteiger partial charge in [-0.25, -0.2) is 0 Å². The summed E-state index contributed by atoms with van der Waals surface area (Å²) in [5.74, 6) is -0.920. The fraction of sp³-hybridized carbons (Fsp3) is 0.333. The second-order valence-electron chi connectivity index (χ2n) is 4.77. The minimum absolute atomic E-state index is 0.396. The normalized spacial score (nSPS) is 15.6. The van der Waals surface area contributed by atoms with E-state index in [-0.39, 0.29) is 0 Å². The molecule has 0 aliphatic heterocycles. The van der Waals surface area contributed by atoms with Gasteiger partial charge in [0.1, 0.15) is 0 Å². The number of H-pyrrole nitrogens is 1. The van der Waals surface area contributed by atoms with Crippen LogP contribution in [0.4, 0.5) is 0 Å². The first-order valence-electron chi connectivity index (χ1n) is 5.81. The molecule has 2 unspecified atom stereocenters. The summed E-state index contributed by atoms with van der Waals surface area (Å²) in [4.78, 5) is 3.16. The lowest BCUT2D eigenvalue weighted by atomic mass is 9.60. The van der Waals surface area contributed by atoms with Gasteiger partial charge in [-0.05, 0) is 23.4 Å². The first-order valence-corrected chi connectivity index (χ1v) is 5.81. The molecule has 2 atom stereocenters. The fourth-order valence-corrected chi connectivity index (χ4v) is 2.01. The second kappa shape index (κ2) is 4.93. The van der Waals surface area contributed by atoms with Crippen molar-refractivity contribution < 1.29 is 0 Å². The van der Waals surface area contributed by atoms with E-state index in [1.807, 2.05) is 30.5 Å². The molecule has 0 aliphatic rings. The predicted octanol–water partition coefficient (Wildman–Crippen LogP) is 0.472. The molecule has 2 rings (SSSR count). The van der Waals surface area contributed by atoms with Crippen LogP contribution in [-0.2, 0) is 0 Å². The molecule has 2 N–H and O–H groups in total. The van der Waals surface area contributed by atoms with Crippen molar-refractivity contribution in [1.82, 2.24) is 10.3 Å². The van der Waals surface area contributed by atoms with Crippen LogP contribution in [0.3, 0.4) is 0 Å². The monoisotopic (exact) mass is 228 g/mol. The smallest absolute Gasteiger partial charge is 0.0904 e. The Morgan fingerprint density at radius 2 is 1.89 bits per heavy atom. The zero-order chi connectivity index (χ0) is 13.3. The van der Waals surface area contributed by atoms with E-state index in [1.165, 1.54) is 0 Å². The van der Waals surface area contributed by atoms with Gasteiger partial charge in [-0.3, -0.25) is 0 Å². The zero-order valence-corrected chi connectivity index (χ0v) is 10.4. The van der Waals surface area contributed by atoms with Gasteiger partial charge < -0.3 is 10.3 Å². The molecule has 8 radical (unpaired) electrons. The van der Waals surface area contributed by atoms with Crippen molar-refractivity contribution in [1.29, 1.82) is 0 Å². The van der Waals surface area contributed by atoms with Crippen LogP contribution in [0.2, 0.25) is 0 Å². The Hall–Kier alpha value is -1.02. The summed E-state index contributed by atoms with van der Waals surface area (Å²) in [6.45, 7) is 1.63. The number of hydrogen-bond donors (Lipinski definition) is 2. The van der Waals surface area contributed by atoms with E-state index >= 15 is 0 Å². The average molecular weight is 227 g/mol. The van der Waals surface area contributed by atoms with Crippen molar-refractivity contribution in [3.63, 3.8) is 0 Å². The molecule has 82 valence electrons. The number of aromatic amines is 1. The summed E-state index contributed by atoms with van der Waals surface area (Å²) in [5, 5.41) is 2.87. The molecule has 1 aromatic carbocycles. The molecule has 2 nitrogen and oxygen atoms in total. The molecular weight excluding hydrogens is 215 g/mol. The molecule has 1 aromatic heterocycles. The highest BCUT2D eigenvalue weighted by Crippen LogP contribution is 2.25. The molecule has 0 fully saturated rings. The maximum absolute atomic E-state index is 6.14. The number of fused-ring (bicyclic) bond motifs is 1. The van der Waals surface area contributed by atoms with E-state index in [1.54, 1.807) is 6.92 Å². The van der Waals surface area contributed by atoms with E-state index in [0.717, 1.165) is 16.5 Å². The SMILES string of the molecule is [B]C(NC([B])([B])C)C([B])c1c[nH]c2ccccc12. The maximum Gasteiger partial charge on any atom is 0.0904 e. The van der Waals surface area contributed by atoms with Crippen LogP contribution in [-0.4, -0.2) is 47.6 Å². The number of benzene rings is 1. The summed E-state index contributed by atoms with van der Waals surface area (Å²) in [7, 11) is 23.4. The van der Waals surface area contributed by atoms with E-state index in [9.17, 15) is 0 Å². The molecule has 6 heteroatoms. The van der Waals surface area contributed by atoms with E-state index in [0.29, 0.717) is 0 Å². The quantitative estimate of drug-likeness (QED) is 0.731. The van der Waals surface area contributed by atoms with Gasteiger partial charge in [-0.2, -0.15) is 0 Å². The molecule has 1 heterocycles. The van der Waals surface area contributed by atoms with Crippen molar-refractivity contribution >= 4 is 42.3 Å². The molecule has 0 saturated heterocycles. The summed E-state index contributed by atoms with van der Waals surface area (Å²) in [6.07, 6.45) is 1.86. The molecule has 0 saturated carbocycles. The zero-order valence-electron chi connectivity index (χ0n) is 10.4. The number of para-hydroxylation sites is 1. The van der Waals surface area contributed by atoms with Crippen LogP contribution in [0, 0.1) is 0 Å². The first-order chi connectivity index (χ1) is 8.38. The topological polar surface area (TPSA) is 27.8 Å². The lowest BCUT2D eigenvalue weighted by Gasteiger charge is -2.31. The number of aromatic nitrogens is 1. The van der Waals surface area contributed by atoms with Crippen molar-refractivity contribution in [3.8, 4) is 0 Å². The van der Waals surface area contributed by atoms with Gasteiger partial charge in [0, 0.05) is 17.1 Å². The lowest BCUT2D eigenvalue weighted by molar-refractivity contribution is 0.576. The van der Waals surface area contributed by atoms with Gasteiger partial charge >= 0.3 is 0 Å². The Labute approximate surface area is 113 Å². The standard InChI is InChI=1S/C12H12B4N2/c1-12(15,16)18-11(14)10(13)8-6-17-9-5-3-2-4-7(8)9/h2-6,10-11,17-18H,1H3.